The quantitative estimate of drug-likeness (QED) is 0.898. The van der Waals surface area contributed by atoms with Gasteiger partial charge in [-0.2, -0.15) is 0 Å². The van der Waals surface area contributed by atoms with Crippen molar-refractivity contribution in [1.82, 2.24) is 0 Å². The van der Waals surface area contributed by atoms with Crippen LogP contribution in [-0.4, -0.2) is 25.7 Å². The van der Waals surface area contributed by atoms with Crippen molar-refractivity contribution in [2.24, 2.45) is 0 Å². The number of carbonyl (C=O) groups is 1. The summed E-state index contributed by atoms with van der Waals surface area (Å²) < 4.78 is 24.6. The normalized spacial score (nSPS) is 18.7. The number of rotatable bonds is 3. The Balaban J connectivity index is 2.70. The number of halogens is 1. The Bertz CT molecular complexity index is 631. The standard InChI is InChI=1S/C14H17BrO4S/c1-20(18,19)12-6-5-10(15)9-11(12)14(13(16)17)7-3-2-4-8-14/h5-6,9H,2-4,7-8H2,1H3,(H,16,17). The van der Waals surface area contributed by atoms with E-state index in [1.807, 2.05) is 0 Å². The largest absolute Gasteiger partial charge is 0.481 e. The summed E-state index contributed by atoms with van der Waals surface area (Å²) in [6, 6.07) is 4.78. The van der Waals surface area contributed by atoms with Gasteiger partial charge in [0.15, 0.2) is 9.84 Å². The van der Waals surface area contributed by atoms with Crippen LogP contribution in [0.15, 0.2) is 27.6 Å². The molecule has 1 aromatic rings. The van der Waals surface area contributed by atoms with Crippen molar-refractivity contribution in [3.8, 4) is 0 Å². The molecule has 1 fully saturated rings. The van der Waals surface area contributed by atoms with Crippen LogP contribution in [0.5, 0.6) is 0 Å². The molecule has 0 heterocycles. The van der Waals surface area contributed by atoms with Crippen molar-refractivity contribution in [1.29, 1.82) is 0 Å². The highest BCUT2D eigenvalue weighted by Crippen LogP contribution is 2.43. The smallest absolute Gasteiger partial charge is 0.314 e. The molecule has 0 unspecified atom stereocenters. The predicted octanol–water partition coefficient (Wildman–Crippen LogP) is 3.14. The average Bonchev–Trinajstić information content (AvgIpc) is 2.37. The molecule has 0 atom stereocenters. The van der Waals surface area contributed by atoms with Crippen molar-refractivity contribution >= 4 is 31.7 Å². The lowest BCUT2D eigenvalue weighted by Gasteiger charge is -2.34. The molecule has 0 spiro atoms. The van der Waals surface area contributed by atoms with Crippen LogP contribution in [0.25, 0.3) is 0 Å². The van der Waals surface area contributed by atoms with Gasteiger partial charge in [-0.1, -0.05) is 35.2 Å². The Labute approximate surface area is 127 Å². The second-order valence-corrected chi connectivity index (χ2v) is 8.26. The Kier molecular flexibility index (Phi) is 4.25. The van der Waals surface area contributed by atoms with Gasteiger partial charge in [-0.15, -0.1) is 0 Å². The molecule has 0 bridgehead atoms. The molecule has 6 heteroatoms. The van der Waals surface area contributed by atoms with Gasteiger partial charge in [-0.3, -0.25) is 4.79 Å². The van der Waals surface area contributed by atoms with Gasteiger partial charge in [0.1, 0.15) is 0 Å². The van der Waals surface area contributed by atoms with E-state index in [-0.39, 0.29) is 4.90 Å². The van der Waals surface area contributed by atoms with E-state index in [4.69, 9.17) is 0 Å². The highest BCUT2D eigenvalue weighted by molar-refractivity contribution is 9.10. The third kappa shape index (κ3) is 2.76. The molecule has 110 valence electrons. The highest BCUT2D eigenvalue weighted by Gasteiger charge is 2.44. The highest BCUT2D eigenvalue weighted by atomic mass is 79.9. The molecule has 1 aliphatic carbocycles. The van der Waals surface area contributed by atoms with Gasteiger partial charge in [0.05, 0.1) is 10.3 Å². The minimum absolute atomic E-state index is 0.130. The zero-order valence-corrected chi connectivity index (χ0v) is 13.6. The molecule has 2 rings (SSSR count). The minimum Gasteiger partial charge on any atom is -0.481 e. The van der Waals surface area contributed by atoms with E-state index in [1.165, 1.54) is 6.07 Å². The molecule has 0 saturated heterocycles. The molecule has 20 heavy (non-hydrogen) atoms. The molecular formula is C14H17BrO4S. The summed E-state index contributed by atoms with van der Waals surface area (Å²) in [6.45, 7) is 0. The Morgan fingerprint density at radius 2 is 1.85 bits per heavy atom. The summed E-state index contributed by atoms with van der Waals surface area (Å²) in [4.78, 5) is 12.0. The summed E-state index contributed by atoms with van der Waals surface area (Å²) in [6.07, 6.45) is 4.71. The first-order valence-corrected chi connectivity index (χ1v) is 9.19. The first-order chi connectivity index (χ1) is 9.27. The van der Waals surface area contributed by atoms with E-state index in [1.54, 1.807) is 12.1 Å². The topological polar surface area (TPSA) is 71.4 Å². The fourth-order valence-electron chi connectivity index (χ4n) is 2.95. The Hall–Kier alpha value is -0.880. The molecule has 1 aromatic carbocycles. The first-order valence-electron chi connectivity index (χ1n) is 6.51. The van der Waals surface area contributed by atoms with E-state index in [0.717, 1.165) is 25.5 Å². The predicted molar refractivity (Wildman–Crippen MR) is 79.7 cm³/mol. The molecule has 0 aliphatic heterocycles. The number of carboxylic acids is 1. The van der Waals surface area contributed by atoms with E-state index >= 15 is 0 Å². The third-order valence-corrected chi connectivity index (χ3v) is 5.62. The van der Waals surface area contributed by atoms with Crippen molar-refractivity contribution in [2.75, 3.05) is 6.26 Å². The molecule has 0 aromatic heterocycles. The maximum absolute atomic E-state index is 12.0. The van der Waals surface area contributed by atoms with E-state index in [9.17, 15) is 18.3 Å². The van der Waals surface area contributed by atoms with Crippen LogP contribution in [0, 0.1) is 0 Å². The lowest BCUT2D eigenvalue weighted by molar-refractivity contribution is -0.145. The number of aliphatic carboxylic acids is 1. The summed E-state index contributed by atoms with van der Waals surface area (Å²) in [7, 11) is -3.46. The zero-order valence-electron chi connectivity index (χ0n) is 11.2. The van der Waals surface area contributed by atoms with Gasteiger partial charge in [-0.05, 0) is 36.6 Å². The second kappa shape index (κ2) is 5.48. The van der Waals surface area contributed by atoms with Crippen LogP contribution in [0.1, 0.15) is 37.7 Å². The monoisotopic (exact) mass is 360 g/mol. The van der Waals surface area contributed by atoms with Gasteiger partial charge in [-0.25, -0.2) is 8.42 Å². The molecule has 1 aliphatic rings. The summed E-state index contributed by atoms with van der Waals surface area (Å²) in [5.41, 5.74) is -0.665. The van der Waals surface area contributed by atoms with Crippen LogP contribution in [0.2, 0.25) is 0 Å². The van der Waals surface area contributed by atoms with Crippen LogP contribution < -0.4 is 0 Å². The lowest BCUT2D eigenvalue weighted by atomic mass is 9.69. The SMILES string of the molecule is CS(=O)(=O)c1ccc(Br)cc1C1(C(=O)O)CCCCC1. The van der Waals surface area contributed by atoms with E-state index < -0.39 is 21.2 Å². The lowest BCUT2D eigenvalue weighted by Crippen LogP contribution is -2.39. The Morgan fingerprint density at radius 3 is 2.35 bits per heavy atom. The molecule has 1 saturated carbocycles. The molecule has 0 amide bonds. The zero-order chi connectivity index (χ0) is 15.0. The van der Waals surface area contributed by atoms with Gasteiger partial charge >= 0.3 is 5.97 Å². The third-order valence-electron chi connectivity index (χ3n) is 3.97. The molecule has 4 nitrogen and oxygen atoms in total. The van der Waals surface area contributed by atoms with Crippen molar-refractivity contribution in [3.05, 3.63) is 28.2 Å². The number of benzene rings is 1. The second-order valence-electron chi connectivity index (χ2n) is 5.36. The molecular weight excluding hydrogens is 344 g/mol. The van der Waals surface area contributed by atoms with Gasteiger partial charge in [0, 0.05) is 10.7 Å². The summed E-state index contributed by atoms with van der Waals surface area (Å²) >= 11 is 3.32. The number of sulfone groups is 1. The summed E-state index contributed by atoms with van der Waals surface area (Å²) in [5, 5.41) is 9.71. The van der Waals surface area contributed by atoms with E-state index in [0.29, 0.717) is 22.9 Å². The van der Waals surface area contributed by atoms with Crippen LogP contribution in [0.3, 0.4) is 0 Å². The Morgan fingerprint density at radius 1 is 1.25 bits per heavy atom. The fraction of sp³-hybridized carbons (Fsp3) is 0.500. The van der Waals surface area contributed by atoms with E-state index in [2.05, 4.69) is 15.9 Å². The number of hydrogen-bond acceptors (Lipinski definition) is 3. The number of hydrogen-bond donors (Lipinski definition) is 1. The molecule has 0 radical (unpaired) electrons. The van der Waals surface area contributed by atoms with Gasteiger partial charge in [0.2, 0.25) is 0 Å². The van der Waals surface area contributed by atoms with Crippen molar-refractivity contribution < 1.29 is 18.3 Å². The van der Waals surface area contributed by atoms with Crippen molar-refractivity contribution in [3.63, 3.8) is 0 Å². The maximum Gasteiger partial charge on any atom is 0.314 e. The first kappa shape index (κ1) is 15.5. The molecule has 1 N–H and O–H groups in total. The fourth-order valence-corrected chi connectivity index (χ4v) is 4.28. The maximum atomic E-state index is 12.0. The summed E-state index contributed by atoms with van der Waals surface area (Å²) in [5.74, 6) is -0.930. The van der Waals surface area contributed by atoms with Gasteiger partial charge in [0.25, 0.3) is 0 Å². The number of carboxylic acid groups (broad SMARTS) is 1. The van der Waals surface area contributed by atoms with Crippen LogP contribution in [0.4, 0.5) is 0 Å². The minimum atomic E-state index is -3.46. The van der Waals surface area contributed by atoms with Crippen LogP contribution in [-0.2, 0) is 20.0 Å². The van der Waals surface area contributed by atoms with Crippen molar-refractivity contribution in [2.45, 2.75) is 42.4 Å². The van der Waals surface area contributed by atoms with Crippen LogP contribution >= 0.6 is 15.9 Å². The average molecular weight is 361 g/mol. The van der Waals surface area contributed by atoms with Gasteiger partial charge < -0.3 is 5.11 Å².